The summed E-state index contributed by atoms with van der Waals surface area (Å²) >= 11 is 1.58. The molecule has 0 radical (unpaired) electrons. The summed E-state index contributed by atoms with van der Waals surface area (Å²) in [5.41, 5.74) is 0. The molecule has 0 aliphatic carbocycles. The Balaban J connectivity index is 1.96. The maximum atomic E-state index is 10.8. The lowest BCUT2D eigenvalue weighted by atomic mass is 10.0. The van der Waals surface area contributed by atoms with Crippen molar-refractivity contribution in [2.24, 2.45) is 5.92 Å². The molecule has 2 aromatic heterocycles. The minimum Gasteiger partial charge on any atom is -0.481 e. The van der Waals surface area contributed by atoms with Crippen molar-refractivity contribution in [2.75, 3.05) is 18.0 Å². The van der Waals surface area contributed by atoms with Gasteiger partial charge in [0.25, 0.3) is 0 Å². The van der Waals surface area contributed by atoms with Crippen molar-refractivity contribution in [3.05, 3.63) is 17.3 Å². The number of anilines is 1. The van der Waals surface area contributed by atoms with Crippen molar-refractivity contribution in [1.82, 2.24) is 9.97 Å². The number of carbonyl (C=O) groups is 1. The van der Waals surface area contributed by atoms with E-state index in [1.165, 1.54) is 0 Å². The van der Waals surface area contributed by atoms with Gasteiger partial charge in [-0.15, -0.1) is 11.3 Å². The molecule has 1 fully saturated rings. The van der Waals surface area contributed by atoms with Gasteiger partial charge in [-0.05, 0) is 18.4 Å². The topological polar surface area (TPSA) is 66.3 Å². The molecule has 5 nitrogen and oxygen atoms in total. The Morgan fingerprint density at radius 1 is 1.53 bits per heavy atom. The second kappa shape index (κ2) is 3.66. The average molecular weight is 249 g/mol. The van der Waals surface area contributed by atoms with Crippen LogP contribution in [0.15, 0.2) is 11.4 Å². The minimum absolute atomic E-state index is 0.265. The lowest BCUT2D eigenvalue weighted by Gasteiger charge is -2.37. The van der Waals surface area contributed by atoms with Gasteiger partial charge in [-0.1, -0.05) is 0 Å². The molecule has 1 saturated heterocycles. The Hall–Kier alpha value is -1.69. The third-order valence-electron chi connectivity index (χ3n) is 2.95. The van der Waals surface area contributed by atoms with Crippen LogP contribution in [0.2, 0.25) is 0 Å². The Kier molecular flexibility index (Phi) is 2.25. The number of aliphatic carboxylic acids is 1. The van der Waals surface area contributed by atoms with Crippen LogP contribution in [0.25, 0.3) is 10.2 Å². The highest BCUT2D eigenvalue weighted by Crippen LogP contribution is 2.31. The molecule has 1 aliphatic rings. The summed E-state index contributed by atoms with van der Waals surface area (Å²) in [7, 11) is 0. The number of fused-ring (bicyclic) bond motifs is 1. The molecule has 0 aromatic carbocycles. The summed E-state index contributed by atoms with van der Waals surface area (Å²) in [4.78, 5) is 22.5. The van der Waals surface area contributed by atoms with Crippen LogP contribution in [0.1, 0.15) is 5.82 Å². The van der Waals surface area contributed by atoms with Crippen molar-refractivity contribution in [2.45, 2.75) is 6.92 Å². The van der Waals surface area contributed by atoms with E-state index in [1.807, 2.05) is 23.3 Å². The van der Waals surface area contributed by atoms with Crippen LogP contribution < -0.4 is 4.90 Å². The van der Waals surface area contributed by atoms with Crippen LogP contribution in [-0.2, 0) is 4.79 Å². The van der Waals surface area contributed by atoms with Crippen LogP contribution in [0.4, 0.5) is 5.82 Å². The van der Waals surface area contributed by atoms with Gasteiger partial charge in [0.2, 0.25) is 0 Å². The molecule has 1 aliphatic heterocycles. The quantitative estimate of drug-likeness (QED) is 0.874. The molecule has 17 heavy (non-hydrogen) atoms. The van der Waals surface area contributed by atoms with Crippen LogP contribution in [0.3, 0.4) is 0 Å². The molecule has 3 rings (SSSR count). The molecular weight excluding hydrogens is 238 g/mol. The van der Waals surface area contributed by atoms with E-state index >= 15 is 0 Å². The lowest BCUT2D eigenvalue weighted by Crippen LogP contribution is -2.50. The van der Waals surface area contributed by atoms with Gasteiger partial charge < -0.3 is 10.0 Å². The number of carboxylic acids is 1. The monoisotopic (exact) mass is 249 g/mol. The van der Waals surface area contributed by atoms with Crippen LogP contribution in [0, 0.1) is 12.8 Å². The predicted molar refractivity (Wildman–Crippen MR) is 65.5 cm³/mol. The highest BCUT2D eigenvalue weighted by molar-refractivity contribution is 7.16. The van der Waals surface area contributed by atoms with Crippen LogP contribution >= 0.6 is 11.3 Å². The first-order chi connectivity index (χ1) is 8.15. The van der Waals surface area contributed by atoms with E-state index in [9.17, 15) is 4.79 Å². The van der Waals surface area contributed by atoms with E-state index in [0.717, 1.165) is 21.9 Å². The maximum absolute atomic E-state index is 10.8. The number of carboxylic acid groups (broad SMARTS) is 1. The van der Waals surface area contributed by atoms with Crippen molar-refractivity contribution in [1.29, 1.82) is 0 Å². The zero-order chi connectivity index (χ0) is 12.0. The van der Waals surface area contributed by atoms with Gasteiger partial charge in [0.15, 0.2) is 0 Å². The lowest BCUT2D eigenvalue weighted by molar-refractivity contribution is -0.142. The standard InChI is InChI=1S/C11H11N3O2S/c1-6-12-9(8-2-3-17-10(8)13-6)14-4-7(5-14)11(15)16/h2-3,7H,4-5H2,1H3,(H,15,16). The fraction of sp³-hybridized carbons (Fsp3) is 0.364. The Morgan fingerprint density at radius 3 is 3.00 bits per heavy atom. The summed E-state index contributed by atoms with van der Waals surface area (Å²) in [6.45, 7) is 2.94. The maximum Gasteiger partial charge on any atom is 0.310 e. The van der Waals surface area contributed by atoms with Crippen LogP contribution in [0.5, 0.6) is 0 Å². The molecule has 6 heteroatoms. The molecule has 0 bridgehead atoms. The van der Waals surface area contributed by atoms with Crippen molar-refractivity contribution >= 4 is 33.3 Å². The predicted octanol–water partition coefficient (Wildman–Crippen LogP) is 1.52. The first-order valence-corrected chi connectivity index (χ1v) is 6.22. The van der Waals surface area contributed by atoms with Crippen molar-refractivity contribution < 1.29 is 9.90 Å². The molecule has 0 atom stereocenters. The molecular formula is C11H11N3O2S. The molecule has 0 saturated carbocycles. The summed E-state index contributed by atoms with van der Waals surface area (Å²) < 4.78 is 0. The molecule has 2 aromatic rings. The molecule has 1 N–H and O–H groups in total. The van der Waals surface area contributed by atoms with Gasteiger partial charge in [0.05, 0.1) is 11.3 Å². The zero-order valence-electron chi connectivity index (χ0n) is 9.25. The second-order valence-electron chi connectivity index (χ2n) is 4.17. The zero-order valence-corrected chi connectivity index (χ0v) is 10.1. The number of aryl methyl sites for hydroxylation is 1. The van der Waals surface area contributed by atoms with E-state index < -0.39 is 5.97 Å². The summed E-state index contributed by atoms with van der Waals surface area (Å²) in [6, 6.07) is 1.99. The fourth-order valence-electron chi connectivity index (χ4n) is 1.99. The third-order valence-corrected chi connectivity index (χ3v) is 3.75. The molecule has 0 unspecified atom stereocenters. The molecule has 0 amide bonds. The first-order valence-electron chi connectivity index (χ1n) is 5.35. The molecule has 88 valence electrons. The number of thiophene rings is 1. The molecule has 0 spiro atoms. The number of hydrogen-bond donors (Lipinski definition) is 1. The number of hydrogen-bond acceptors (Lipinski definition) is 5. The Labute approximate surface area is 102 Å². The van der Waals surface area contributed by atoms with Crippen LogP contribution in [-0.4, -0.2) is 34.1 Å². The highest BCUT2D eigenvalue weighted by Gasteiger charge is 2.34. The summed E-state index contributed by atoms with van der Waals surface area (Å²) in [5.74, 6) is 0.604. The van der Waals surface area contributed by atoms with E-state index in [1.54, 1.807) is 11.3 Å². The SMILES string of the molecule is Cc1nc(N2CC(C(=O)O)C2)c2ccsc2n1. The molecule has 3 heterocycles. The normalized spacial score (nSPS) is 16.2. The van der Waals surface area contributed by atoms with E-state index in [4.69, 9.17) is 5.11 Å². The van der Waals surface area contributed by atoms with Crippen molar-refractivity contribution in [3.63, 3.8) is 0 Å². The van der Waals surface area contributed by atoms with Crippen molar-refractivity contribution in [3.8, 4) is 0 Å². The van der Waals surface area contributed by atoms with Gasteiger partial charge in [-0.3, -0.25) is 4.79 Å². The Bertz CT molecular complexity index is 589. The van der Waals surface area contributed by atoms with Gasteiger partial charge >= 0.3 is 5.97 Å². The smallest absolute Gasteiger partial charge is 0.310 e. The van der Waals surface area contributed by atoms with Gasteiger partial charge in [0.1, 0.15) is 16.5 Å². The number of aromatic nitrogens is 2. The largest absolute Gasteiger partial charge is 0.481 e. The third kappa shape index (κ3) is 1.64. The fourth-order valence-corrected chi connectivity index (χ4v) is 2.80. The Morgan fingerprint density at radius 2 is 2.29 bits per heavy atom. The minimum atomic E-state index is -0.728. The van der Waals surface area contributed by atoms with E-state index in [0.29, 0.717) is 13.1 Å². The van der Waals surface area contributed by atoms with E-state index in [2.05, 4.69) is 9.97 Å². The number of rotatable bonds is 2. The van der Waals surface area contributed by atoms with Gasteiger partial charge in [-0.2, -0.15) is 0 Å². The summed E-state index contributed by atoms with van der Waals surface area (Å²) in [6.07, 6.45) is 0. The summed E-state index contributed by atoms with van der Waals surface area (Å²) in [5, 5.41) is 11.9. The second-order valence-corrected chi connectivity index (χ2v) is 5.07. The highest BCUT2D eigenvalue weighted by atomic mass is 32.1. The van der Waals surface area contributed by atoms with Gasteiger partial charge in [-0.25, -0.2) is 9.97 Å². The van der Waals surface area contributed by atoms with Gasteiger partial charge in [0, 0.05) is 13.1 Å². The average Bonchev–Trinajstić information content (AvgIpc) is 2.61. The first kappa shape index (κ1) is 10.5. The van der Waals surface area contributed by atoms with E-state index in [-0.39, 0.29) is 5.92 Å². The number of nitrogens with zero attached hydrogens (tertiary/aromatic N) is 3.